The minimum absolute atomic E-state index is 0.141. The van der Waals surface area contributed by atoms with Gasteiger partial charge in [0.1, 0.15) is 0 Å². The van der Waals surface area contributed by atoms with E-state index in [1.807, 2.05) is 11.8 Å². The van der Waals surface area contributed by atoms with Crippen LogP contribution in [0.25, 0.3) is 0 Å². The third-order valence-electron chi connectivity index (χ3n) is 4.31. The van der Waals surface area contributed by atoms with Crippen molar-refractivity contribution >= 4 is 21.9 Å². The molecule has 1 aliphatic heterocycles. The summed E-state index contributed by atoms with van der Waals surface area (Å²) in [4.78, 5) is 25.4. The maximum Gasteiger partial charge on any atom is 0.307 e. The van der Waals surface area contributed by atoms with Crippen molar-refractivity contribution in [2.45, 2.75) is 25.2 Å². The van der Waals surface area contributed by atoms with Gasteiger partial charge in [-0.3, -0.25) is 14.5 Å². The van der Waals surface area contributed by atoms with Crippen molar-refractivity contribution in [3.63, 3.8) is 0 Å². The van der Waals surface area contributed by atoms with Gasteiger partial charge in [-0.05, 0) is 26.0 Å². The first-order valence-corrected chi connectivity index (χ1v) is 10.5. The van der Waals surface area contributed by atoms with Crippen molar-refractivity contribution in [1.29, 1.82) is 0 Å². The highest BCUT2D eigenvalue weighted by molar-refractivity contribution is 7.89. The maximum absolute atomic E-state index is 12.7. The van der Waals surface area contributed by atoms with E-state index in [0.29, 0.717) is 37.7 Å². The van der Waals surface area contributed by atoms with Crippen LogP contribution < -0.4 is 5.32 Å². The third kappa shape index (κ3) is 6.30. The molecule has 9 heteroatoms. The highest BCUT2D eigenvalue weighted by atomic mass is 32.2. The van der Waals surface area contributed by atoms with Gasteiger partial charge in [-0.25, -0.2) is 8.42 Å². The summed E-state index contributed by atoms with van der Waals surface area (Å²) >= 11 is 0. The van der Waals surface area contributed by atoms with E-state index in [1.165, 1.54) is 4.31 Å². The van der Waals surface area contributed by atoms with Crippen LogP contribution in [0.2, 0.25) is 0 Å². The summed E-state index contributed by atoms with van der Waals surface area (Å²) in [5.74, 6) is -0.526. The second kappa shape index (κ2) is 9.82. The minimum atomic E-state index is -3.51. The lowest BCUT2D eigenvalue weighted by molar-refractivity contribution is -0.143. The second-order valence-corrected chi connectivity index (χ2v) is 8.34. The Labute approximate surface area is 160 Å². The summed E-state index contributed by atoms with van der Waals surface area (Å²) < 4.78 is 31.6. The molecule has 1 saturated heterocycles. The molecule has 0 atom stereocenters. The number of nitrogens with one attached hydrogen (secondary N) is 1. The molecule has 1 N–H and O–H groups in total. The molecule has 2 rings (SSSR count). The zero-order valence-electron chi connectivity index (χ0n) is 15.8. The summed E-state index contributed by atoms with van der Waals surface area (Å²) in [5, 5.41) is 2.68. The molecule has 1 fully saturated rings. The summed E-state index contributed by atoms with van der Waals surface area (Å²) in [5.41, 5.74) is 1.01. The number of sulfonamides is 1. The lowest BCUT2D eigenvalue weighted by atomic mass is 10.2. The van der Waals surface area contributed by atoms with Crippen molar-refractivity contribution in [3.8, 4) is 0 Å². The number of hydrogen-bond donors (Lipinski definition) is 1. The molecule has 0 aliphatic carbocycles. The van der Waals surface area contributed by atoms with Crippen LogP contribution in [0.15, 0.2) is 29.2 Å². The number of carbonyl (C=O) groups is 2. The Balaban J connectivity index is 1.77. The molecular formula is C18H27N3O5S. The van der Waals surface area contributed by atoms with Crippen molar-refractivity contribution < 1.29 is 22.7 Å². The first kappa shape index (κ1) is 21.3. The van der Waals surface area contributed by atoms with Crippen molar-refractivity contribution in [3.05, 3.63) is 29.8 Å². The van der Waals surface area contributed by atoms with Crippen LogP contribution in [0.3, 0.4) is 0 Å². The van der Waals surface area contributed by atoms with Gasteiger partial charge in [-0.1, -0.05) is 17.7 Å². The average Bonchev–Trinajstić information content (AvgIpc) is 2.63. The standard InChI is InChI=1S/C18H27N3O5S/c1-3-26-18(23)8-9-19-17(22)14-20-10-12-21(13-11-20)27(24,25)16-6-4-15(2)5-7-16/h4-7H,3,8-14H2,1-2H3,(H,19,22). The molecule has 1 aromatic carbocycles. The molecule has 1 aliphatic rings. The summed E-state index contributed by atoms with van der Waals surface area (Å²) in [7, 11) is -3.51. The van der Waals surface area contributed by atoms with Crippen LogP contribution in [-0.4, -0.2) is 75.4 Å². The number of piperazine rings is 1. The fraction of sp³-hybridized carbons (Fsp3) is 0.556. The van der Waals surface area contributed by atoms with E-state index >= 15 is 0 Å². The summed E-state index contributed by atoms with van der Waals surface area (Å²) in [6, 6.07) is 6.80. The second-order valence-electron chi connectivity index (χ2n) is 6.40. The Morgan fingerprint density at radius 1 is 1.11 bits per heavy atom. The highest BCUT2D eigenvalue weighted by Gasteiger charge is 2.28. The van der Waals surface area contributed by atoms with Crippen molar-refractivity contribution in [2.75, 3.05) is 45.9 Å². The van der Waals surface area contributed by atoms with Gasteiger partial charge < -0.3 is 10.1 Å². The summed E-state index contributed by atoms with van der Waals surface area (Å²) in [6.45, 7) is 6.02. The molecule has 0 unspecified atom stereocenters. The number of nitrogens with zero attached hydrogens (tertiary/aromatic N) is 2. The Morgan fingerprint density at radius 2 is 1.74 bits per heavy atom. The Morgan fingerprint density at radius 3 is 2.33 bits per heavy atom. The minimum Gasteiger partial charge on any atom is -0.466 e. The Hall–Kier alpha value is -1.97. The zero-order valence-corrected chi connectivity index (χ0v) is 16.6. The van der Waals surface area contributed by atoms with Gasteiger partial charge in [0.25, 0.3) is 0 Å². The molecule has 1 aromatic rings. The van der Waals surface area contributed by atoms with E-state index in [9.17, 15) is 18.0 Å². The van der Waals surface area contributed by atoms with Crippen LogP contribution in [0.1, 0.15) is 18.9 Å². The van der Waals surface area contributed by atoms with E-state index in [0.717, 1.165) is 5.56 Å². The van der Waals surface area contributed by atoms with Gasteiger partial charge in [-0.15, -0.1) is 0 Å². The molecular weight excluding hydrogens is 370 g/mol. The van der Waals surface area contributed by atoms with E-state index in [4.69, 9.17) is 4.74 Å². The molecule has 1 heterocycles. The quantitative estimate of drug-likeness (QED) is 0.637. The zero-order chi connectivity index (χ0) is 19.9. The number of ether oxygens (including phenoxy) is 1. The average molecular weight is 397 g/mol. The van der Waals surface area contributed by atoms with E-state index in [1.54, 1.807) is 31.2 Å². The molecule has 8 nitrogen and oxygen atoms in total. The fourth-order valence-electron chi connectivity index (χ4n) is 2.78. The molecule has 0 saturated carbocycles. The van der Waals surface area contributed by atoms with Crippen LogP contribution in [0.4, 0.5) is 0 Å². The molecule has 0 spiro atoms. The fourth-order valence-corrected chi connectivity index (χ4v) is 4.21. The number of benzene rings is 1. The largest absolute Gasteiger partial charge is 0.466 e. The highest BCUT2D eigenvalue weighted by Crippen LogP contribution is 2.18. The predicted molar refractivity (Wildman–Crippen MR) is 101 cm³/mol. The molecule has 27 heavy (non-hydrogen) atoms. The van der Waals surface area contributed by atoms with Gasteiger partial charge >= 0.3 is 5.97 Å². The van der Waals surface area contributed by atoms with Crippen LogP contribution >= 0.6 is 0 Å². The van der Waals surface area contributed by atoms with E-state index < -0.39 is 10.0 Å². The number of carbonyl (C=O) groups excluding carboxylic acids is 2. The first-order chi connectivity index (χ1) is 12.8. The van der Waals surface area contributed by atoms with Gasteiger partial charge in [0.15, 0.2) is 0 Å². The molecule has 0 radical (unpaired) electrons. The molecule has 0 aromatic heterocycles. The van der Waals surface area contributed by atoms with Crippen molar-refractivity contribution in [1.82, 2.24) is 14.5 Å². The lowest BCUT2D eigenvalue weighted by Crippen LogP contribution is -2.51. The predicted octanol–water partition coefficient (Wildman–Crippen LogP) is 0.371. The summed E-state index contributed by atoms with van der Waals surface area (Å²) in [6.07, 6.45) is 0.141. The Bertz CT molecular complexity index is 741. The third-order valence-corrected chi connectivity index (χ3v) is 6.23. The van der Waals surface area contributed by atoms with Crippen LogP contribution in [0, 0.1) is 6.92 Å². The van der Waals surface area contributed by atoms with Gasteiger partial charge in [-0.2, -0.15) is 4.31 Å². The lowest BCUT2D eigenvalue weighted by Gasteiger charge is -2.33. The number of esters is 1. The van der Waals surface area contributed by atoms with Crippen LogP contribution in [0.5, 0.6) is 0 Å². The maximum atomic E-state index is 12.7. The SMILES string of the molecule is CCOC(=O)CCNC(=O)CN1CCN(S(=O)(=O)c2ccc(C)cc2)CC1. The smallest absolute Gasteiger partial charge is 0.307 e. The Kier molecular flexibility index (Phi) is 7.76. The molecule has 150 valence electrons. The number of rotatable bonds is 8. The first-order valence-electron chi connectivity index (χ1n) is 9.04. The monoisotopic (exact) mass is 397 g/mol. The van der Waals surface area contributed by atoms with Crippen LogP contribution in [-0.2, 0) is 24.3 Å². The number of hydrogen-bond acceptors (Lipinski definition) is 6. The van der Waals surface area contributed by atoms with Gasteiger partial charge in [0.05, 0.1) is 24.5 Å². The normalized spacial score (nSPS) is 16.1. The topological polar surface area (TPSA) is 96.0 Å². The van der Waals surface area contributed by atoms with Gasteiger partial charge in [0, 0.05) is 32.7 Å². The van der Waals surface area contributed by atoms with E-state index in [-0.39, 0.29) is 31.4 Å². The van der Waals surface area contributed by atoms with E-state index in [2.05, 4.69) is 5.32 Å². The van der Waals surface area contributed by atoms with Gasteiger partial charge in [0.2, 0.25) is 15.9 Å². The van der Waals surface area contributed by atoms with Crippen molar-refractivity contribution in [2.24, 2.45) is 0 Å². The molecule has 0 bridgehead atoms. The number of amides is 1. The molecule has 1 amide bonds. The number of aryl methyl sites for hydroxylation is 1.